The third-order valence-electron chi connectivity index (χ3n) is 3.70. The second-order valence-electron chi connectivity index (χ2n) is 4.98. The molecule has 0 aromatic carbocycles. The molecule has 112 valence electrons. The van der Waals surface area contributed by atoms with Gasteiger partial charge in [-0.1, -0.05) is 6.42 Å². The summed E-state index contributed by atoms with van der Waals surface area (Å²) in [4.78, 5) is 0. The maximum absolute atomic E-state index is 12.5. The molecule has 8 heteroatoms. The van der Waals surface area contributed by atoms with E-state index >= 15 is 0 Å². The van der Waals surface area contributed by atoms with Gasteiger partial charge in [0, 0.05) is 10.9 Å². The summed E-state index contributed by atoms with van der Waals surface area (Å²) in [5.41, 5.74) is 0. The molecule has 5 nitrogen and oxygen atoms in total. The standard InChI is InChI=1S/C12H16BrNO4S2/c13-9-4-8-19-11(9)20(15,16)14-10-3-1-2-5-12(10)17-6-7-18-12/h4,8,10,14H,1-3,5-7H2. The van der Waals surface area contributed by atoms with Crippen molar-refractivity contribution < 1.29 is 17.9 Å². The molecule has 2 aliphatic rings. The Kier molecular flexibility index (Phi) is 4.22. The second kappa shape index (κ2) is 5.66. The van der Waals surface area contributed by atoms with Crippen LogP contribution in [0.4, 0.5) is 0 Å². The van der Waals surface area contributed by atoms with Gasteiger partial charge in [0.2, 0.25) is 0 Å². The molecule has 1 atom stereocenters. The Hall–Kier alpha value is 0.01000. The van der Waals surface area contributed by atoms with E-state index in [1.165, 1.54) is 11.3 Å². The number of hydrogen-bond donors (Lipinski definition) is 1. The minimum absolute atomic E-state index is 0.302. The van der Waals surface area contributed by atoms with Crippen LogP contribution in [-0.4, -0.2) is 33.5 Å². The van der Waals surface area contributed by atoms with Gasteiger partial charge in [-0.05, 0) is 40.2 Å². The van der Waals surface area contributed by atoms with E-state index < -0.39 is 15.8 Å². The van der Waals surface area contributed by atoms with Crippen molar-refractivity contribution in [2.24, 2.45) is 0 Å². The lowest BCUT2D eigenvalue weighted by molar-refractivity contribution is -0.191. The Labute approximate surface area is 130 Å². The van der Waals surface area contributed by atoms with E-state index in [4.69, 9.17) is 9.47 Å². The first-order chi connectivity index (χ1) is 9.54. The molecule has 1 aromatic heterocycles. The number of halogens is 1. The zero-order valence-corrected chi connectivity index (χ0v) is 14.0. The molecule has 1 aliphatic carbocycles. The molecule has 0 bridgehead atoms. The number of rotatable bonds is 3. The molecule has 1 N–H and O–H groups in total. The first kappa shape index (κ1) is 14.9. The number of hydrogen-bond acceptors (Lipinski definition) is 5. The molecule has 1 aliphatic heterocycles. The highest BCUT2D eigenvalue weighted by molar-refractivity contribution is 9.10. The maximum Gasteiger partial charge on any atom is 0.251 e. The lowest BCUT2D eigenvalue weighted by atomic mass is 9.90. The number of sulfonamides is 1. The van der Waals surface area contributed by atoms with E-state index in [1.54, 1.807) is 11.4 Å². The average molecular weight is 382 g/mol. The predicted molar refractivity (Wildman–Crippen MR) is 79.2 cm³/mol. The molecular formula is C12H16BrNO4S2. The number of nitrogens with one attached hydrogen (secondary N) is 1. The topological polar surface area (TPSA) is 64.6 Å². The SMILES string of the molecule is O=S(=O)(NC1CCCCC12OCCO2)c1sccc1Br. The van der Waals surface area contributed by atoms with E-state index in [1.807, 2.05) is 0 Å². The van der Waals surface area contributed by atoms with Gasteiger partial charge in [-0.3, -0.25) is 0 Å². The fourth-order valence-corrected chi connectivity index (χ4v) is 6.45. The van der Waals surface area contributed by atoms with Crippen molar-refractivity contribution in [2.45, 2.75) is 41.7 Å². The van der Waals surface area contributed by atoms with Crippen LogP contribution < -0.4 is 4.72 Å². The van der Waals surface area contributed by atoms with E-state index in [9.17, 15) is 8.42 Å². The largest absolute Gasteiger partial charge is 0.346 e. The highest BCUT2D eigenvalue weighted by Crippen LogP contribution is 2.37. The summed E-state index contributed by atoms with van der Waals surface area (Å²) >= 11 is 4.47. The van der Waals surface area contributed by atoms with Gasteiger partial charge in [0.1, 0.15) is 4.21 Å². The van der Waals surface area contributed by atoms with Crippen molar-refractivity contribution in [3.05, 3.63) is 15.9 Å². The molecule has 0 radical (unpaired) electrons. The molecule has 1 spiro atoms. The first-order valence-corrected chi connectivity index (χ1v) is 9.72. The summed E-state index contributed by atoms with van der Waals surface area (Å²) in [5.74, 6) is -0.769. The smallest absolute Gasteiger partial charge is 0.251 e. The van der Waals surface area contributed by atoms with Crippen LogP contribution in [0.3, 0.4) is 0 Å². The number of ether oxygens (including phenoxy) is 2. The molecule has 0 amide bonds. The maximum atomic E-state index is 12.5. The number of thiophene rings is 1. The average Bonchev–Trinajstić information content (AvgIpc) is 3.02. The Morgan fingerprint density at radius 1 is 1.35 bits per heavy atom. The third kappa shape index (κ3) is 2.69. The summed E-state index contributed by atoms with van der Waals surface area (Å²) in [6, 6.07) is 1.41. The van der Waals surface area contributed by atoms with Crippen molar-refractivity contribution in [1.29, 1.82) is 0 Å². The van der Waals surface area contributed by atoms with Crippen LogP contribution in [0.2, 0.25) is 0 Å². The van der Waals surface area contributed by atoms with Gasteiger partial charge in [-0.25, -0.2) is 13.1 Å². The first-order valence-electron chi connectivity index (χ1n) is 6.57. The van der Waals surface area contributed by atoms with Crippen LogP contribution in [0.15, 0.2) is 20.1 Å². The quantitative estimate of drug-likeness (QED) is 0.873. The molecule has 20 heavy (non-hydrogen) atoms. The second-order valence-corrected chi connectivity index (χ2v) is 8.66. The van der Waals surface area contributed by atoms with Crippen LogP contribution in [0.25, 0.3) is 0 Å². The van der Waals surface area contributed by atoms with Gasteiger partial charge in [-0.2, -0.15) is 0 Å². The van der Waals surface area contributed by atoms with Gasteiger partial charge in [0.05, 0.1) is 19.3 Å². The van der Waals surface area contributed by atoms with E-state index in [-0.39, 0.29) is 6.04 Å². The normalized spacial score (nSPS) is 26.1. The fraction of sp³-hybridized carbons (Fsp3) is 0.667. The molecule has 1 saturated heterocycles. The van der Waals surface area contributed by atoms with Gasteiger partial charge < -0.3 is 9.47 Å². The zero-order chi connectivity index (χ0) is 14.2. The molecule has 1 aromatic rings. The van der Waals surface area contributed by atoms with Crippen LogP contribution >= 0.6 is 27.3 Å². The van der Waals surface area contributed by atoms with Crippen LogP contribution in [0, 0.1) is 0 Å². The van der Waals surface area contributed by atoms with E-state index in [0.717, 1.165) is 25.7 Å². The minimum atomic E-state index is -3.55. The van der Waals surface area contributed by atoms with Gasteiger partial charge in [0.25, 0.3) is 10.0 Å². The molecular weight excluding hydrogens is 366 g/mol. The van der Waals surface area contributed by atoms with Crippen molar-refractivity contribution in [3.63, 3.8) is 0 Å². The zero-order valence-electron chi connectivity index (χ0n) is 10.8. The summed E-state index contributed by atoms with van der Waals surface area (Å²) < 4.78 is 40.1. The van der Waals surface area contributed by atoms with Gasteiger partial charge in [-0.15, -0.1) is 11.3 Å². The van der Waals surface area contributed by atoms with Crippen LogP contribution in [-0.2, 0) is 19.5 Å². The highest BCUT2D eigenvalue weighted by Gasteiger charge is 2.47. The Morgan fingerprint density at radius 2 is 2.10 bits per heavy atom. The minimum Gasteiger partial charge on any atom is -0.346 e. The molecule has 1 unspecified atom stereocenters. The van der Waals surface area contributed by atoms with Crippen molar-refractivity contribution in [2.75, 3.05) is 13.2 Å². The molecule has 2 fully saturated rings. The third-order valence-corrected chi connectivity index (χ3v) is 7.84. The van der Waals surface area contributed by atoms with Crippen molar-refractivity contribution >= 4 is 37.3 Å². The van der Waals surface area contributed by atoms with Crippen molar-refractivity contribution in [3.8, 4) is 0 Å². The highest BCUT2D eigenvalue weighted by atomic mass is 79.9. The summed E-state index contributed by atoms with van der Waals surface area (Å²) in [7, 11) is -3.55. The van der Waals surface area contributed by atoms with Crippen molar-refractivity contribution in [1.82, 2.24) is 4.72 Å². The Balaban J connectivity index is 1.84. The summed E-state index contributed by atoms with van der Waals surface area (Å²) in [6.07, 6.45) is 3.46. The fourth-order valence-electron chi connectivity index (χ4n) is 2.79. The molecule has 3 rings (SSSR count). The van der Waals surface area contributed by atoms with Gasteiger partial charge >= 0.3 is 0 Å². The monoisotopic (exact) mass is 381 g/mol. The van der Waals surface area contributed by atoms with Crippen LogP contribution in [0.1, 0.15) is 25.7 Å². The summed E-state index contributed by atoms with van der Waals surface area (Å²) in [5, 5.41) is 1.75. The van der Waals surface area contributed by atoms with E-state index in [2.05, 4.69) is 20.7 Å². The Bertz CT molecular complexity index is 580. The lowest BCUT2D eigenvalue weighted by Gasteiger charge is -2.39. The van der Waals surface area contributed by atoms with E-state index in [0.29, 0.717) is 21.9 Å². The van der Waals surface area contributed by atoms with Gasteiger partial charge in [0.15, 0.2) is 5.79 Å². The molecule has 1 saturated carbocycles. The van der Waals surface area contributed by atoms with Crippen LogP contribution in [0.5, 0.6) is 0 Å². The lowest BCUT2D eigenvalue weighted by Crippen LogP contribution is -2.55. The molecule has 2 heterocycles. The predicted octanol–water partition coefficient (Wildman–Crippen LogP) is 2.47. The summed E-state index contributed by atoms with van der Waals surface area (Å²) in [6.45, 7) is 1.06. The Morgan fingerprint density at radius 3 is 2.75 bits per heavy atom.